The first kappa shape index (κ1) is 15.5. The molecule has 1 saturated heterocycles. The molecule has 2 heterocycles. The molecule has 1 aliphatic rings. The minimum atomic E-state index is -0.351. The second-order valence-corrected chi connectivity index (χ2v) is 6.53. The first-order chi connectivity index (χ1) is 10.5. The van der Waals surface area contributed by atoms with Crippen LogP contribution in [0.15, 0.2) is 35.1 Å². The van der Waals surface area contributed by atoms with Crippen LogP contribution in [0.2, 0.25) is 10.0 Å². The Balaban J connectivity index is 1.74. The van der Waals surface area contributed by atoms with Crippen LogP contribution in [0.3, 0.4) is 0 Å². The summed E-state index contributed by atoms with van der Waals surface area (Å²) >= 11 is 15.2. The van der Waals surface area contributed by atoms with Crippen molar-refractivity contribution in [3.05, 3.63) is 45.1 Å². The molecule has 1 N–H and O–H groups in total. The van der Waals surface area contributed by atoms with Crippen LogP contribution in [0.4, 0.5) is 11.6 Å². The Morgan fingerprint density at radius 2 is 1.95 bits per heavy atom. The monoisotopic (exact) mass is 400 g/mol. The van der Waals surface area contributed by atoms with E-state index < -0.39 is 0 Å². The fourth-order valence-corrected chi connectivity index (χ4v) is 2.76. The quantitative estimate of drug-likeness (QED) is 0.850. The molecule has 22 heavy (non-hydrogen) atoms. The van der Waals surface area contributed by atoms with Gasteiger partial charge in [-0.3, -0.25) is 4.79 Å². The van der Waals surface area contributed by atoms with Gasteiger partial charge < -0.3 is 10.2 Å². The minimum absolute atomic E-state index is 0.0371. The number of hydrogen-bond donors (Lipinski definition) is 1. The van der Waals surface area contributed by atoms with E-state index in [0.717, 1.165) is 10.2 Å². The van der Waals surface area contributed by atoms with Crippen molar-refractivity contribution in [1.29, 1.82) is 0 Å². The number of nitrogens with zero attached hydrogens (tertiary/aromatic N) is 3. The Morgan fingerprint density at radius 3 is 2.64 bits per heavy atom. The number of hydrogen-bond acceptors (Lipinski definition) is 4. The number of carbonyl (C=O) groups is 1. The smallest absolute Gasteiger partial charge is 0.249 e. The van der Waals surface area contributed by atoms with E-state index in [-0.39, 0.29) is 11.9 Å². The highest BCUT2D eigenvalue weighted by atomic mass is 79.9. The summed E-state index contributed by atoms with van der Waals surface area (Å²) in [5.74, 6) is 0.391. The van der Waals surface area contributed by atoms with Gasteiger partial charge in [0, 0.05) is 24.6 Å². The molecule has 0 saturated carbocycles. The second kappa shape index (κ2) is 6.40. The SMILES string of the molecule is O=C1C(Nc2ncc(Br)cn2)CCN1c1ccc(Cl)c(Cl)c1. The van der Waals surface area contributed by atoms with Crippen LogP contribution < -0.4 is 10.2 Å². The lowest BCUT2D eigenvalue weighted by molar-refractivity contribution is -0.117. The van der Waals surface area contributed by atoms with Gasteiger partial charge in [-0.15, -0.1) is 0 Å². The molecular weight excluding hydrogens is 391 g/mol. The molecule has 0 spiro atoms. The number of nitrogens with one attached hydrogen (secondary N) is 1. The number of aromatic nitrogens is 2. The number of carbonyl (C=O) groups excluding carboxylic acids is 1. The first-order valence-electron chi connectivity index (χ1n) is 6.55. The topological polar surface area (TPSA) is 58.1 Å². The molecule has 0 bridgehead atoms. The Hall–Kier alpha value is -1.37. The standard InChI is InChI=1S/C14H11BrCl2N4O/c15-8-6-18-14(19-7-8)20-12-3-4-21(13(12)22)9-1-2-10(16)11(17)5-9/h1-2,5-7,12H,3-4H2,(H,18,19,20). The lowest BCUT2D eigenvalue weighted by Gasteiger charge is -2.17. The van der Waals surface area contributed by atoms with Crippen LogP contribution in [0.5, 0.6) is 0 Å². The lowest BCUT2D eigenvalue weighted by atomic mass is 10.2. The zero-order chi connectivity index (χ0) is 15.7. The first-order valence-corrected chi connectivity index (χ1v) is 8.10. The molecule has 1 aromatic carbocycles. The van der Waals surface area contributed by atoms with Crippen LogP contribution in [-0.4, -0.2) is 28.5 Å². The highest BCUT2D eigenvalue weighted by Crippen LogP contribution is 2.30. The number of rotatable bonds is 3. The predicted octanol–water partition coefficient (Wildman–Crippen LogP) is 3.76. The van der Waals surface area contributed by atoms with E-state index in [4.69, 9.17) is 23.2 Å². The van der Waals surface area contributed by atoms with E-state index in [1.54, 1.807) is 35.5 Å². The minimum Gasteiger partial charge on any atom is -0.342 e. The fourth-order valence-electron chi connectivity index (χ4n) is 2.27. The summed E-state index contributed by atoms with van der Waals surface area (Å²) in [6, 6.07) is 4.81. The van der Waals surface area contributed by atoms with E-state index >= 15 is 0 Å². The zero-order valence-corrected chi connectivity index (χ0v) is 14.4. The van der Waals surface area contributed by atoms with E-state index in [1.807, 2.05) is 0 Å². The Kier molecular flexibility index (Phi) is 4.52. The molecule has 2 aromatic rings. The van der Waals surface area contributed by atoms with Gasteiger partial charge in [0.1, 0.15) is 6.04 Å². The normalized spacial score (nSPS) is 17.9. The molecule has 0 radical (unpaired) electrons. The summed E-state index contributed by atoms with van der Waals surface area (Å²) in [5.41, 5.74) is 0.737. The third-order valence-corrected chi connectivity index (χ3v) is 4.49. The summed E-state index contributed by atoms with van der Waals surface area (Å²) in [4.78, 5) is 22.4. The van der Waals surface area contributed by atoms with Gasteiger partial charge in [0.25, 0.3) is 0 Å². The maximum atomic E-state index is 12.5. The maximum Gasteiger partial charge on any atom is 0.249 e. The molecule has 114 valence electrons. The Bertz CT molecular complexity index is 710. The van der Waals surface area contributed by atoms with Crippen molar-refractivity contribution in [3.63, 3.8) is 0 Å². The molecule has 8 heteroatoms. The highest BCUT2D eigenvalue weighted by molar-refractivity contribution is 9.10. The van der Waals surface area contributed by atoms with Gasteiger partial charge in [0.15, 0.2) is 0 Å². The molecule has 0 aliphatic carbocycles. The number of benzene rings is 1. The van der Waals surface area contributed by atoms with E-state index in [9.17, 15) is 4.79 Å². The Labute approximate surface area is 145 Å². The summed E-state index contributed by atoms with van der Waals surface area (Å²) in [6.07, 6.45) is 3.93. The summed E-state index contributed by atoms with van der Waals surface area (Å²) in [7, 11) is 0. The molecule has 1 aromatic heterocycles. The van der Waals surface area contributed by atoms with E-state index in [2.05, 4.69) is 31.2 Å². The largest absolute Gasteiger partial charge is 0.342 e. The summed E-state index contributed by atoms with van der Waals surface area (Å²) in [5, 5.41) is 3.95. The molecule has 5 nitrogen and oxygen atoms in total. The molecule has 1 aliphatic heterocycles. The predicted molar refractivity (Wildman–Crippen MR) is 90.6 cm³/mol. The van der Waals surface area contributed by atoms with Crippen LogP contribution in [-0.2, 0) is 4.79 Å². The number of amides is 1. The van der Waals surface area contributed by atoms with Gasteiger partial charge in [0.05, 0.1) is 14.5 Å². The van der Waals surface area contributed by atoms with E-state index in [0.29, 0.717) is 29.0 Å². The molecule has 1 atom stereocenters. The highest BCUT2D eigenvalue weighted by Gasteiger charge is 2.33. The Morgan fingerprint density at radius 1 is 1.23 bits per heavy atom. The molecule has 1 amide bonds. The van der Waals surface area contributed by atoms with Crippen molar-refractivity contribution >= 4 is 56.7 Å². The van der Waals surface area contributed by atoms with Gasteiger partial charge in [0.2, 0.25) is 11.9 Å². The van der Waals surface area contributed by atoms with Crippen molar-refractivity contribution < 1.29 is 4.79 Å². The third-order valence-electron chi connectivity index (χ3n) is 3.34. The molecular formula is C14H11BrCl2N4O. The number of halogens is 3. The van der Waals surface area contributed by atoms with Crippen molar-refractivity contribution in [2.45, 2.75) is 12.5 Å². The summed E-state index contributed by atoms with van der Waals surface area (Å²) in [6.45, 7) is 0.602. The molecule has 1 unspecified atom stereocenters. The van der Waals surface area contributed by atoms with Gasteiger partial charge in [-0.25, -0.2) is 9.97 Å². The van der Waals surface area contributed by atoms with Crippen LogP contribution in [0, 0.1) is 0 Å². The molecule has 1 fully saturated rings. The van der Waals surface area contributed by atoms with Crippen molar-refractivity contribution in [1.82, 2.24) is 9.97 Å². The van der Waals surface area contributed by atoms with E-state index in [1.165, 1.54) is 0 Å². The average Bonchev–Trinajstić information content (AvgIpc) is 2.86. The fraction of sp³-hybridized carbons (Fsp3) is 0.214. The summed E-state index contributed by atoms with van der Waals surface area (Å²) < 4.78 is 0.785. The third kappa shape index (κ3) is 3.19. The molecule has 3 rings (SSSR count). The van der Waals surface area contributed by atoms with Gasteiger partial charge >= 0.3 is 0 Å². The number of anilines is 2. The maximum absolute atomic E-state index is 12.5. The van der Waals surface area contributed by atoms with Crippen molar-refractivity contribution in [3.8, 4) is 0 Å². The van der Waals surface area contributed by atoms with Gasteiger partial charge in [-0.2, -0.15) is 0 Å². The van der Waals surface area contributed by atoms with Gasteiger partial charge in [-0.1, -0.05) is 23.2 Å². The van der Waals surface area contributed by atoms with Gasteiger partial charge in [-0.05, 0) is 40.5 Å². The van der Waals surface area contributed by atoms with Crippen molar-refractivity contribution in [2.75, 3.05) is 16.8 Å². The van der Waals surface area contributed by atoms with Crippen LogP contribution in [0.25, 0.3) is 0 Å². The van der Waals surface area contributed by atoms with Crippen molar-refractivity contribution in [2.24, 2.45) is 0 Å². The van der Waals surface area contributed by atoms with Crippen LogP contribution in [0.1, 0.15) is 6.42 Å². The lowest BCUT2D eigenvalue weighted by Crippen LogP contribution is -2.33. The average molecular weight is 402 g/mol. The second-order valence-electron chi connectivity index (χ2n) is 4.80. The zero-order valence-electron chi connectivity index (χ0n) is 11.3. The van der Waals surface area contributed by atoms with Crippen LogP contribution >= 0.6 is 39.1 Å².